The number of nitrogens with zero attached hydrogens (tertiary/aromatic N) is 3. The second-order valence-electron chi connectivity index (χ2n) is 5.46. The predicted octanol–water partition coefficient (Wildman–Crippen LogP) is 1.79. The first-order valence-electron chi connectivity index (χ1n) is 7.70. The standard InChI is InChI=1S/C16H23N3O3/c1-5-12-10-18(8-9-19(12)14(20)7-3)16(21)15-11(4)22-17-13(15)6-2/h7,12H,3,5-6,8-10H2,1-2,4H3/t12-/m0/s1. The molecule has 0 unspecified atom stereocenters. The lowest BCUT2D eigenvalue weighted by molar-refractivity contribution is -0.130. The molecule has 6 nitrogen and oxygen atoms in total. The van der Waals surface area contributed by atoms with Crippen LogP contribution >= 0.6 is 0 Å². The van der Waals surface area contributed by atoms with Gasteiger partial charge in [0.1, 0.15) is 11.3 Å². The van der Waals surface area contributed by atoms with E-state index < -0.39 is 0 Å². The summed E-state index contributed by atoms with van der Waals surface area (Å²) in [6.45, 7) is 10.8. The maximum absolute atomic E-state index is 12.8. The van der Waals surface area contributed by atoms with Crippen LogP contribution in [0, 0.1) is 6.92 Å². The number of amides is 2. The van der Waals surface area contributed by atoms with E-state index in [2.05, 4.69) is 11.7 Å². The van der Waals surface area contributed by atoms with Crippen LogP contribution < -0.4 is 0 Å². The summed E-state index contributed by atoms with van der Waals surface area (Å²) >= 11 is 0. The topological polar surface area (TPSA) is 66.7 Å². The molecule has 1 atom stereocenters. The van der Waals surface area contributed by atoms with Gasteiger partial charge < -0.3 is 14.3 Å². The highest BCUT2D eigenvalue weighted by atomic mass is 16.5. The van der Waals surface area contributed by atoms with Gasteiger partial charge in [-0.2, -0.15) is 0 Å². The van der Waals surface area contributed by atoms with Crippen LogP contribution in [0.25, 0.3) is 0 Å². The molecule has 22 heavy (non-hydrogen) atoms. The summed E-state index contributed by atoms with van der Waals surface area (Å²) in [6.07, 6.45) is 2.79. The molecule has 0 bridgehead atoms. The Balaban J connectivity index is 2.17. The van der Waals surface area contributed by atoms with Crippen LogP contribution in [0.5, 0.6) is 0 Å². The maximum Gasteiger partial charge on any atom is 0.259 e. The van der Waals surface area contributed by atoms with Gasteiger partial charge in [-0.3, -0.25) is 9.59 Å². The van der Waals surface area contributed by atoms with Gasteiger partial charge in [0.05, 0.1) is 5.69 Å². The minimum atomic E-state index is -0.0747. The normalized spacial score (nSPS) is 18.4. The van der Waals surface area contributed by atoms with E-state index in [4.69, 9.17) is 4.52 Å². The average Bonchev–Trinajstić information content (AvgIpc) is 2.93. The minimum Gasteiger partial charge on any atom is -0.361 e. The molecule has 1 fully saturated rings. The van der Waals surface area contributed by atoms with E-state index in [1.807, 2.05) is 13.8 Å². The number of aryl methyl sites for hydroxylation is 2. The third-order valence-electron chi connectivity index (χ3n) is 4.18. The Morgan fingerprint density at radius 3 is 2.73 bits per heavy atom. The Kier molecular flexibility index (Phi) is 5.00. The molecule has 2 amide bonds. The number of rotatable bonds is 4. The molecule has 1 aromatic heterocycles. The second kappa shape index (κ2) is 6.77. The SMILES string of the molecule is C=CC(=O)N1CCN(C(=O)c2c(CC)noc2C)C[C@@H]1CC. The highest BCUT2D eigenvalue weighted by Crippen LogP contribution is 2.20. The van der Waals surface area contributed by atoms with E-state index in [-0.39, 0.29) is 17.9 Å². The summed E-state index contributed by atoms with van der Waals surface area (Å²) in [4.78, 5) is 28.2. The Hall–Kier alpha value is -2.11. The second-order valence-corrected chi connectivity index (χ2v) is 5.46. The van der Waals surface area contributed by atoms with Crippen LogP contribution in [0.15, 0.2) is 17.2 Å². The fourth-order valence-corrected chi connectivity index (χ4v) is 2.89. The van der Waals surface area contributed by atoms with Crippen molar-refractivity contribution in [2.24, 2.45) is 0 Å². The van der Waals surface area contributed by atoms with E-state index in [1.54, 1.807) is 16.7 Å². The molecule has 0 radical (unpaired) electrons. The predicted molar refractivity (Wildman–Crippen MR) is 82.5 cm³/mol. The monoisotopic (exact) mass is 305 g/mol. The van der Waals surface area contributed by atoms with Crippen molar-refractivity contribution in [2.75, 3.05) is 19.6 Å². The number of hydrogen-bond donors (Lipinski definition) is 0. The molecular weight excluding hydrogens is 282 g/mol. The first-order chi connectivity index (χ1) is 10.5. The van der Waals surface area contributed by atoms with Crippen LogP contribution in [0.2, 0.25) is 0 Å². The van der Waals surface area contributed by atoms with Crippen LogP contribution in [0.4, 0.5) is 0 Å². The Bertz CT molecular complexity index is 579. The smallest absolute Gasteiger partial charge is 0.259 e. The number of piperazine rings is 1. The van der Waals surface area contributed by atoms with E-state index >= 15 is 0 Å². The van der Waals surface area contributed by atoms with Crippen LogP contribution in [0.3, 0.4) is 0 Å². The summed E-state index contributed by atoms with van der Waals surface area (Å²) in [6, 6.07) is 0.0217. The lowest BCUT2D eigenvalue weighted by atomic mass is 10.1. The van der Waals surface area contributed by atoms with Gasteiger partial charge in [-0.25, -0.2) is 0 Å². The molecule has 1 aromatic rings. The van der Waals surface area contributed by atoms with Crippen molar-refractivity contribution in [3.8, 4) is 0 Å². The largest absolute Gasteiger partial charge is 0.361 e. The molecule has 120 valence electrons. The Labute approximate surface area is 130 Å². The molecule has 0 spiro atoms. The zero-order valence-electron chi connectivity index (χ0n) is 13.5. The van der Waals surface area contributed by atoms with Crippen molar-refractivity contribution in [1.82, 2.24) is 15.0 Å². The third kappa shape index (κ3) is 2.91. The Morgan fingerprint density at radius 1 is 1.41 bits per heavy atom. The average molecular weight is 305 g/mol. The van der Waals surface area contributed by atoms with Gasteiger partial charge in [-0.05, 0) is 25.8 Å². The molecule has 0 aromatic carbocycles. The molecule has 1 aliphatic heterocycles. The molecular formula is C16H23N3O3. The van der Waals surface area contributed by atoms with Gasteiger partial charge in [0, 0.05) is 25.7 Å². The van der Waals surface area contributed by atoms with Crippen LogP contribution in [0.1, 0.15) is 42.1 Å². The van der Waals surface area contributed by atoms with Gasteiger partial charge >= 0.3 is 0 Å². The summed E-state index contributed by atoms with van der Waals surface area (Å²) < 4.78 is 5.15. The van der Waals surface area contributed by atoms with Gasteiger partial charge in [0.2, 0.25) is 5.91 Å². The lowest BCUT2D eigenvalue weighted by Gasteiger charge is -2.40. The molecule has 1 saturated heterocycles. The lowest BCUT2D eigenvalue weighted by Crippen LogP contribution is -2.56. The molecule has 2 heterocycles. The fourth-order valence-electron chi connectivity index (χ4n) is 2.89. The van der Waals surface area contributed by atoms with E-state index in [1.165, 1.54) is 6.08 Å². The number of aromatic nitrogens is 1. The zero-order chi connectivity index (χ0) is 16.3. The van der Waals surface area contributed by atoms with Gasteiger partial charge in [0.25, 0.3) is 5.91 Å². The van der Waals surface area contributed by atoms with Crippen molar-refractivity contribution in [3.05, 3.63) is 29.7 Å². The summed E-state index contributed by atoms with van der Waals surface area (Å²) in [7, 11) is 0. The molecule has 0 saturated carbocycles. The highest BCUT2D eigenvalue weighted by Gasteiger charge is 2.33. The van der Waals surface area contributed by atoms with E-state index in [0.717, 1.165) is 6.42 Å². The quantitative estimate of drug-likeness (QED) is 0.796. The zero-order valence-corrected chi connectivity index (χ0v) is 13.5. The van der Waals surface area contributed by atoms with Crippen molar-refractivity contribution in [2.45, 2.75) is 39.7 Å². The summed E-state index contributed by atoms with van der Waals surface area (Å²) in [5.74, 6) is 0.425. The van der Waals surface area contributed by atoms with Crippen molar-refractivity contribution in [3.63, 3.8) is 0 Å². The van der Waals surface area contributed by atoms with E-state index in [9.17, 15) is 9.59 Å². The summed E-state index contributed by atoms with van der Waals surface area (Å²) in [5, 5.41) is 3.95. The number of carbonyl (C=O) groups is 2. The molecule has 2 rings (SSSR count). The first-order valence-corrected chi connectivity index (χ1v) is 7.70. The maximum atomic E-state index is 12.8. The van der Waals surface area contributed by atoms with E-state index in [0.29, 0.717) is 43.1 Å². The fraction of sp³-hybridized carbons (Fsp3) is 0.562. The molecule has 0 N–H and O–H groups in total. The van der Waals surface area contributed by atoms with Crippen molar-refractivity contribution < 1.29 is 14.1 Å². The van der Waals surface area contributed by atoms with Gasteiger partial charge in [-0.1, -0.05) is 25.6 Å². The van der Waals surface area contributed by atoms with Crippen molar-refractivity contribution >= 4 is 11.8 Å². The Morgan fingerprint density at radius 2 is 2.14 bits per heavy atom. The molecule has 1 aliphatic rings. The first kappa shape index (κ1) is 16.3. The van der Waals surface area contributed by atoms with Gasteiger partial charge in [0.15, 0.2) is 0 Å². The molecule has 6 heteroatoms. The summed E-state index contributed by atoms with van der Waals surface area (Å²) in [5.41, 5.74) is 1.26. The van der Waals surface area contributed by atoms with Crippen LogP contribution in [-0.4, -0.2) is 52.4 Å². The minimum absolute atomic E-state index is 0.0217. The van der Waals surface area contributed by atoms with Crippen LogP contribution in [-0.2, 0) is 11.2 Å². The molecule has 0 aliphatic carbocycles. The number of hydrogen-bond acceptors (Lipinski definition) is 4. The van der Waals surface area contributed by atoms with Crippen molar-refractivity contribution in [1.29, 1.82) is 0 Å². The van der Waals surface area contributed by atoms with Gasteiger partial charge in [-0.15, -0.1) is 0 Å². The third-order valence-corrected chi connectivity index (χ3v) is 4.18. The highest BCUT2D eigenvalue weighted by molar-refractivity contribution is 5.96. The number of carbonyl (C=O) groups excluding carboxylic acids is 2.